The minimum atomic E-state index is -4.21. The largest absolute Gasteiger partial charge is 0.401 e. The molecule has 0 spiro atoms. The lowest BCUT2D eigenvalue weighted by atomic mass is 10.1. The molecule has 1 aromatic rings. The van der Waals surface area contributed by atoms with Crippen molar-refractivity contribution in [1.82, 2.24) is 4.90 Å². The van der Waals surface area contributed by atoms with Crippen LogP contribution < -0.4 is 5.73 Å². The van der Waals surface area contributed by atoms with Crippen molar-refractivity contribution in [2.24, 2.45) is 5.73 Å². The Balaban J connectivity index is 2.89. The molecule has 0 bridgehead atoms. The van der Waals surface area contributed by atoms with Crippen molar-refractivity contribution in [2.75, 3.05) is 19.6 Å². The number of alkyl halides is 3. The average Bonchev–Trinajstić information content (AvgIpc) is 2.29. The van der Waals surface area contributed by atoms with Gasteiger partial charge in [-0.2, -0.15) is 13.2 Å². The lowest BCUT2D eigenvalue weighted by Crippen LogP contribution is -2.40. The summed E-state index contributed by atoms with van der Waals surface area (Å²) in [4.78, 5) is 1.34. The molecular weight excluding hydrogens is 309 g/mol. The summed E-state index contributed by atoms with van der Waals surface area (Å²) in [6.07, 6.45) is -4.21. The third kappa shape index (κ3) is 4.59. The zero-order valence-corrected chi connectivity index (χ0v) is 11.6. The Hall–Kier alpha value is -0.590. The van der Waals surface area contributed by atoms with E-state index in [9.17, 15) is 13.2 Å². The molecule has 1 rings (SSSR count). The van der Waals surface area contributed by atoms with Crippen molar-refractivity contribution >= 4 is 15.9 Å². The first-order chi connectivity index (χ1) is 8.37. The van der Waals surface area contributed by atoms with Crippen LogP contribution in [0.3, 0.4) is 0 Å². The zero-order chi connectivity index (χ0) is 13.8. The molecule has 0 aliphatic carbocycles. The van der Waals surface area contributed by atoms with Gasteiger partial charge in [0.05, 0.1) is 6.54 Å². The van der Waals surface area contributed by atoms with Gasteiger partial charge in [-0.3, -0.25) is 4.90 Å². The van der Waals surface area contributed by atoms with E-state index in [1.165, 1.54) is 4.90 Å². The molecule has 6 heteroatoms. The fourth-order valence-electron chi connectivity index (χ4n) is 1.85. The van der Waals surface area contributed by atoms with Crippen LogP contribution in [0, 0.1) is 0 Å². The highest BCUT2D eigenvalue weighted by molar-refractivity contribution is 9.10. The summed E-state index contributed by atoms with van der Waals surface area (Å²) in [5.41, 5.74) is 6.42. The third-order valence-corrected chi connectivity index (χ3v) is 3.24. The summed E-state index contributed by atoms with van der Waals surface area (Å²) in [7, 11) is 0. The first-order valence-electron chi connectivity index (χ1n) is 5.63. The standard InChI is InChI=1S/C12H16BrF3N2/c1-2-18(8-12(14,15)16)11(7-17)9-3-5-10(13)6-4-9/h3-6,11H,2,7-8,17H2,1H3. The maximum absolute atomic E-state index is 12.5. The van der Waals surface area contributed by atoms with Gasteiger partial charge in [0.25, 0.3) is 0 Å². The number of hydrogen-bond donors (Lipinski definition) is 1. The van der Waals surface area contributed by atoms with Gasteiger partial charge in [-0.1, -0.05) is 35.0 Å². The maximum Gasteiger partial charge on any atom is 0.401 e. The molecule has 1 unspecified atom stereocenters. The van der Waals surface area contributed by atoms with E-state index in [0.29, 0.717) is 6.54 Å². The summed E-state index contributed by atoms with van der Waals surface area (Å²) < 4.78 is 38.3. The normalized spacial score (nSPS) is 13.9. The number of rotatable bonds is 5. The van der Waals surface area contributed by atoms with E-state index in [1.807, 2.05) is 0 Å². The number of benzene rings is 1. The van der Waals surface area contributed by atoms with Crippen LogP contribution in [0.2, 0.25) is 0 Å². The highest BCUT2D eigenvalue weighted by Crippen LogP contribution is 2.25. The molecule has 0 fully saturated rings. The predicted molar refractivity (Wildman–Crippen MR) is 69.2 cm³/mol. The molecule has 1 atom stereocenters. The van der Waals surface area contributed by atoms with E-state index in [-0.39, 0.29) is 6.54 Å². The van der Waals surface area contributed by atoms with Crippen molar-refractivity contribution in [1.29, 1.82) is 0 Å². The van der Waals surface area contributed by atoms with E-state index < -0.39 is 18.8 Å². The molecule has 2 N–H and O–H groups in total. The molecule has 0 amide bonds. The van der Waals surface area contributed by atoms with E-state index in [0.717, 1.165) is 10.0 Å². The first-order valence-corrected chi connectivity index (χ1v) is 6.43. The fraction of sp³-hybridized carbons (Fsp3) is 0.500. The molecule has 0 aromatic heterocycles. The lowest BCUT2D eigenvalue weighted by Gasteiger charge is -2.30. The number of nitrogens with zero attached hydrogens (tertiary/aromatic N) is 1. The van der Waals surface area contributed by atoms with E-state index >= 15 is 0 Å². The Morgan fingerprint density at radius 2 is 1.83 bits per heavy atom. The van der Waals surface area contributed by atoms with Crippen molar-refractivity contribution < 1.29 is 13.2 Å². The minimum absolute atomic E-state index is 0.158. The van der Waals surface area contributed by atoms with Crippen LogP contribution in [-0.4, -0.2) is 30.7 Å². The maximum atomic E-state index is 12.5. The molecule has 0 saturated heterocycles. The second-order valence-electron chi connectivity index (χ2n) is 3.98. The molecule has 18 heavy (non-hydrogen) atoms. The summed E-state index contributed by atoms with van der Waals surface area (Å²) in [5, 5.41) is 0. The molecule has 0 aliphatic heterocycles. The van der Waals surface area contributed by atoms with Crippen LogP contribution in [0.15, 0.2) is 28.7 Å². The molecule has 1 aromatic carbocycles. The Kier molecular flexibility index (Phi) is 5.62. The van der Waals surface area contributed by atoms with Crippen LogP contribution in [-0.2, 0) is 0 Å². The van der Waals surface area contributed by atoms with E-state index in [2.05, 4.69) is 15.9 Å². The number of nitrogens with two attached hydrogens (primary N) is 1. The van der Waals surface area contributed by atoms with Crippen molar-refractivity contribution in [3.8, 4) is 0 Å². The molecule has 0 heterocycles. The monoisotopic (exact) mass is 324 g/mol. The lowest BCUT2D eigenvalue weighted by molar-refractivity contribution is -0.150. The summed E-state index contributed by atoms with van der Waals surface area (Å²) in [5.74, 6) is 0. The van der Waals surface area contributed by atoms with Gasteiger partial charge in [-0.05, 0) is 24.2 Å². The van der Waals surface area contributed by atoms with Crippen molar-refractivity contribution in [2.45, 2.75) is 19.1 Å². The Labute approximate surface area is 113 Å². The Bertz CT molecular complexity index is 365. The molecule has 0 radical (unpaired) electrons. The number of halogens is 4. The quantitative estimate of drug-likeness (QED) is 0.900. The van der Waals surface area contributed by atoms with Crippen LogP contribution in [0.5, 0.6) is 0 Å². The van der Waals surface area contributed by atoms with Crippen LogP contribution >= 0.6 is 15.9 Å². The van der Waals surface area contributed by atoms with Crippen molar-refractivity contribution in [3.05, 3.63) is 34.3 Å². The fourth-order valence-corrected chi connectivity index (χ4v) is 2.12. The van der Waals surface area contributed by atoms with E-state index in [1.54, 1.807) is 31.2 Å². The van der Waals surface area contributed by atoms with Crippen LogP contribution in [0.1, 0.15) is 18.5 Å². The van der Waals surface area contributed by atoms with Crippen LogP contribution in [0.25, 0.3) is 0 Å². The summed E-state index contributed by atoms with van der Waals surface area (Å²) >= 11 is 3.29. The number of likely N-dealkylation sites (N-methyl/N-ethyl adjacent to an activating group) is 1. The molecular formula is C12H16BrF3N2. The minimum Gasteiger partial charge on any atom is -0.329 e. The highest BCUT2D eigenvalue weighted by Gasteiger charge is 2.33. The van der Waals surface area contributed by atoms with Gasteiger partial charge in [0.2, 0.25) is 0 Å². The van der Waals surface area contributed by atoms with Gasteiger partial charge in [-0.15, -0.1) is 0 Å². The van der Waals surface area contributed by atoms with Crippen molar-refractivity contribution in [3.63, 3.8) is 0 Å². The highest BCUT2D eigenvalue weighted by atomic mass is 79.9. The zero-order valence-electron chi connectivity index (χ0n) is 10.0. The molecule has 0 aliphatic rings. The summed E-state index contributed by atoms with van der Waals surface area (Å²) in [6, 6.07) is 6.78. The smallest absolute Gasteiger partial charge is 0.329 e. The van der Waals surface area contributed by atoms with Crippen LogP contribution in [0.4, 0.5) is 13.2 Å². The predicted octanol–water partition coefficient (Wildman–Crippen LogP) is 3.33. The topological polar surface area (TPSA) is 29.3 Å². The molecule has 102 valence electrons. The van der Waals surface area contributed by atoms with Gasteiger partial charge in [0.15, 0.2) is 0 Å². The van der Waals surface area contributed by atoms with Gasteiger partial charge in [-0.25, -0.2) is 0 Å². The summed E-state index contributed by atoms with van der Waals surface area (Å²) in [6.45, 7) is 1.22. The molecule has 2 nitrogen and oxygen atoms in total. The average molecular weight is 325 g/mol. The first kappa shape index (κ1) is 15.5. The number of hydrogen-bond acceptors (Lipinski definition) is 2. The Morgan fingerprint density at radius 1 is 1.28 bits per heavy atom. The molecule has 0 saturated carbocycles. The second-order valence-corrected chi connectivity index (χ2v) is 4.90. The van der Waals surface area contributed by atoms with Gasteiger partial charge >= 0.3 is 6.18 Å². The van der Waals surface area contributed by atoms with Gasteiger partial charge < -0.3 is 5.73 Å². The Morgan fingerprint density at radius 3 is 2.22 bits per heavy atom. The second kappa shape index (κ2) is 6.54. The SMILES string of the molecule is CCN(CC(F)(F)F)C(CN)c1ccc(Br)cc1. The third-order valence-electron chi connectivity index (χ3n) is 2.71. The van der Waals surface area contributed by atoms with Gasteiger partial charge in [0, 0.05) is 17.1 Å². The van der Waals surface area contributed by atoms with E-state index in [4.69, 9.17) is 5.73 Å². The van der Waals surface area contributed by atoms with Gasteiger partial charge in [0.1, 0.15) is 0 Å².